The Labute approximate surface area is 106 Å². The molecule has 1 aliphatic rings. The standard InChI is InChI=1S/C12H18ClN3O/c1-9(2)16-6-5-14-10(11(16)17)15-8-12(7-13)3-4-12/h5-6,9H,3-4,7-8H2,1-2H3,(H,14,15). The number of rotatable bonds is 5. The van der Waals surface area contributed by atoms with Crippen molar-refractivity contribution in [1.29, 1.82) is 0 Å². The predicted molar refractivity (Wildman–Crippen MR) is 69.8 cm³/mol. The Morgan fingerprint density at radius 3 is 2.82 bits per heavy atom. The highest BCUT2D eigenvalue weighted by Gasteiger charge is 2.41. The van der Waals surface area contributed by atoms with Gasteiger partial charge in [-0.05, 0) is 26.7 Å². The van der Waals surface area contributed by atoms with E-state index in [9.17, 15) is 4.79 Å². The Morgan fingerprint density at radius 1 is 1.59 bits per heavy atom. The molecule has 4 nitrogen and oxygen atoms in total. The molecule has 0 aromatic carbocycles. The summed E-state index contributed by atoms with van der Waals surface area (Å²) in [4.78, 5) is 16.1. The number of nitrogens with one attached hydrogen (secondary N) is 1. The molecule has 0 radical (unpaired) electrons. The van der Waals surface area contributed by atoms with Crippen LogP contribution in [0.25, 0.3) is 0 Å². The minimum atomic E-state index is -0.0622. The van der Waals surface area contributed by atoms with Crippen LogP contribution in [0.2, 0.25) is 0 Å². The van der Waals surface area contributed by atoms with Gasteiger partial charge < -0.3 is 9.88 Å². The van der Waals surface area contributed by atoms with Crippen LogP contribution in [-0.4, -0.2) is 22.0 Å². The maximum atomic E-state index is 12.0. The second-order valence-electron chi connectivity index (χ2n) is 5.07. The first-order valence-corrected chi connectivity index (χ1v) is 6.48. The monoisotopic (exact) mass is 255 g/mol. The van der Waals surface area contributed by atoms with Crippen LogP contribution in [0, 0.1) is 5.41 Å². The van der Waals surface area contributed by atoms with Gasteiger partial charge in [-0.15, -0.1) is 11.6 Å². The van der Waals surface area contributed by atoms with Crippen molar-refractivity contribution in [2.45, 2.75) is 32.7 Å². The Hall–Kier alpha value is -1.03. The molecular formula is C12H18ClN3O. The molecule has 1 aromatic rings. The van der Waals surface area contributed by atoms with E-state index in [4.69, 9.17) is 11.6 Å². The van der Waals surface area contributed by atoms with E-state index in [1.54, 1.807) is 17.0 Å². The quantitative estimate of drug-likeness (QED) is 0.821. The van der Waals surface area contributed by atoms with E-state index in [0.717, 1.165) is 19.4 Å². The zero-order valence-electron chi connectivity index (χ0n) is 10.2. The molecule has 1 aromatic heterocycles. The number of alkyl halides is 1. The molecule has 1 N–H and O–H groups in total. The lowest BCUT2D eigenvalue weighted by molar-refractivity contribution is 0.571. The molecule has 2 rings (SSSR count). The fourth-order valence-corrected chi connectivity index (χ4v) is 2.12. The lowest BCUT2D eigenvalue weighted by atomic mass is 10.1. The van der Waals surface area contributed by atoms with Crippen LogP contribution in [-0.2, 0) is 0 Å². The van der Waals surface area contributed by atoms with Crippen LogP contribution in [0.15, 0.2) is 17.2 Å². The lowest BCUT2D eigenvalue weighted by Gasteiger charge is -2.14. The second-order valence-corrected chi connectivity index (χ2v) is 5.34. The van der Waals surface area contributed by atoms with Gasteiger partial charge in [0.2, 0.25) is 0 Å². The van der Waals surface area contributed by atoms with E-state index in [1.807, 2.05) is 13.8 Å². The number of hydrogen-bond donors (Lipinski definition) is 1. The van der Waals surface area contributed by atoms with Gasteiger partial charge in [0.25, 0.3) is 5.56 Å². The fraction of sp³-hybridized carbons (Fsp3) is 0.667. The largest absolute Gasteiger partial charge is 0.365 e. The predicted octanol–water partition coefficient (Wildman–Crippen LogP) is 2.26. The zero-order chi connectivity index (χ0) is 12.5. The van der Waals surface area contributed by atoms with Gasteiger partial charge in [-0.3, -0.25) is 4.79 Å². The Morgan fingerprint density at radius 2 is 2.29 bits per heavy atom. The van der Waals surface area contributed by atoms with Crippen LogP contribution in [0.3, 0.4) is 0 Å². The second kappa shape index (κ2) is 4.69. The van der Waals surface area contributed by atoms with E-state index in [0.29, 0.717) is 11.7 Å². The van der Waals surface area contributed by atoms with Crippen molar-refractivity contribution >= 4 is 17.4 Å². The highest BCUT2D eigenvalue weighted by Crippen LogP contribution is 2.46. The first-order valence-electron chi connectivity index (χ1n) is 5.95. The third-order valence-electron chi connectivity index (χ3n) is 3.30. The molecule has 94 valence electrons. The zero-order valence-corrected chi connectivity index (χ0v) is 11.0. The molecule has 0 bridgehead atoms. The molecule has 1 aliphatic carbocycles. The minimum Gasteiger partial charge on any atom is -0.365 e. The topological polar surface area (TPSA) is 46.9 Å². The van der Waals surface area contributed by atoms with Crippen molar-refractivity contribution in [3.8, 4) is 0 Å². The third kappa shape index (κ3) is 2.63. The average molecular weight is 256 g/mol. The van der Waals surface area contributed by atoms with Gasteiger partial charge in [0, 0.05) is 36.3 Å². The summed E-state index contributed by atoms with van der Waals surface area (Å²) in [6, 6.07) is 0.147. The molecule has 5 heteroatoms. The number of hydrogen-bond acceptors (Lipinski definition) is 3. The highest BCUT2D eigenvalue weighted by molar-refractivity contribution is 6.18. The summed E-state index contributed by atoms with van der Waals surface area (Å²) in [5, 5.41) is 3.13. The summed E-state index contributed by atoms with van der Waals surface area (Å²) < 4.78 is 1.68. The maximum absolute atomic E-state index is 12.0. The maximum Gasteiger partial charge on any atom is 0.293 e. The molecule has 0 unspecified atom stereocenters. The SMILES string of the molecule is CC(C)n1ccnc(NCC2(CCl)CC2)c1=O. The van der Waals surface area contributed by atoms with E-state index in [-0.39, 0.29) is 17.0 Å². The van der Waals surface area contributed by atoms with Crippen LogP contribution in [0.4, 0.5) is 5.82 Å². The van der Waals surface area contributed by atoms with Gasteiger partial charge in [-0.1, -0.05) is 0 Å². The van der Waals surface area contributed by atoms with Crippen molar-refractivity contribution in [2.75, 3.05) is 17.7 Å². The molecule has 0 amide bonds. The summed E-state index contributed by atoms with van der Waals surface area (Å²) in [6.45, 7) is 4.69. The summed E-state index contributed by atoms with van der Waals surface area (Å²) in [5.74, 6) is 1.07. The molecule has 0 atom stereocenters. The van der Waals surface area contributed by atoms with E-state index >= 15 is 0 Å². The van der Waals surface area contributed by atoms with Gasteiger partial charge in [-0.25, -0.2) is 4.98 Å². The van der Waals surface area contributed by atoms with Gasteiger partial charge in [0.15, 0.2) is 5.82 Å². The molecule has 17 heavy (non-hydrogen) atoms. The summed E-state index contributed by atoms with van der Waals surface area (Å²) in [6.07, 6.45) is 5.64. The van der Waals surface area contributed by atoms with Crippen molar-refractivity contribution in [3.05, 3.63) is 22.7 Å². The molecule has 0 aliphatic heterocycles. The number of aromatic nitrogens is 2. The number of halogens is 1. The highest BCUT2D eigenvalue weighted by atomic mass is 35.5. The van der Waals surface area contributed by atoms with Crippen LogP contribution < -0.4 is 10.9 Å². The Bertz CT molecular complexity index is 451. The molecular weight excluding hydrogens is 238 g/mol. The Balaban J connectivity index is 2.11. The Kier molecular flexibility index (Phi) is 3.43. The van der Waals surface area contributed by atoms with Crippen molar-refractivity contribution in [3.63, 3.8) is 0 Å². The normalized spacial score (nSPS) is 17.2. The first-order chi connectivity index (χ1) is 8.08. The lowest BCUT2D eigenvalue weighted by Crippen LogP contribution is -2.28. The van der Waals surface area contributed by atoms with Crippen LogP contribution in [0.1, 0.15) is 32.7 Å². The molecule has 1 saturated carbocycles. The summed E-state index contributed by atoms with van der Waals surface area (Å²) in [5.41, 5.74) is 0.127. The van der Waals surface area contributed by atoms with Gasteiger partial charge in [-0.2, -0.15) is 0 Å². The van der Waals surface area contributed by atoms with Crippen LogP contribution >= 0.6 is 11.6 Å². The van der Waals surface area contributed by atoms with E-state index in [1.165, 1.54) is 0 Å². The van der Waals surface area contributed by atoms with Crippen molar-refractivity contribution < 1.29 is 0 Å². The van der Waals surface area contributed by atoms with E-state index < -0.39 is 0 Å². The molecule has 0 saturated heterocycles. The third-order valence-corrected chi connectivity index (χ3v) is 3.86. The molecule has 1 fully saturated rings. The van der Waals surface area contributed by atoms with Crippen molar-refractivity contribution in [2.24, 2.45) is 5.41 Å². The van der Waals surface area contributed by atoms with Crippen molar-refractivity contribution in [1.82, 2.24) is 9.55 Å². The van der Waals surface area contributed by atoms with E-state index in [2.05, 4.69) is 10.3 Å². The van der Waals surface area contributed by atoms with Gasteiger partial charge in [0.05, 0.1) is 0 Å². The first kappa shape index (κ1) is 12.4. The van der Waals surface area contributed by atoms with Gasteiger partial charge >= 0.3 is 0 Å². The molecule has 0 spiro atoms. The van der Waals surface area contributed by atoms with Crippen LogP contribution in [0.5, 0.6) is 0 Å². The molecule has 1 heterocycles. The average Bonchev–Trinajstić information content (AvgIpc) is 3.08. The number of nitrogens with zero attached hydrogens (tertiary/aromatic N) is 2. The van der Waals surface area contributed by atoms with Gasteiger partial charge in [0.1, 0.15) is 0 Å². The summed E-state index contributed by atoms with van der Waals surface area (Å²) >= 11 is 5.90. The minimum absolute atomic E-state index is 0.0622. The summed E-state index contributed by atoms with van der Waals surface area (Å²) in [7, 11) is 0. The number of anilines is 1. The fourth-order valence-electron chi connectivity index (χ4n) is 1.76. The smallest absolute Gasteiger partial charge is 0.293 e.